The SMILES string of the molecule is C=CCN(CC(=O)N(Cc1ccccc1)Cc1coc2ccc(C)cc2c1=O)C(=O)CCCCCC. The highest BCUT2D eigenvalue weighted by atomic mass is 16.3. The van der Waals surface area contributed by atoms with Crippen molar-refractivity contribution in [3.63, 3.8) is 0 Å². The monoisotopic (exact) mass is 488 g/mol. The minimum atomic E-state index is -0.230. The van der Waals surface area contributed by atoms with Gasteiger partial charge in [0.1, 0.15) is 12.1 Å². The van der Waals surface area contributed by atoms with Crippen molar-refractivity contribution in [2.24, 2.45) is 0 Å². The number of amides is 2. The van der Waals surface area contributed by atoms with Gasteiger partial charge in [0.2, 0.25) is 11.8 Å². The molecule has 36 heavy (non-hydrogen) atoms. The number of unbranched alkanes of at least 4 members (excludes halogenated alkanes) is 3. The Morgan fingerprint density at radius 1 is 0.972 bits per heavy atom. The van der Waals surface area contributed by atoms with E-state index in [-0.39, 0.29) is 30.3 Å². The summed E-state index contributed by atoms with van der Waals surface area (Å²) in [5, 5.41) is 0.496. The molecule has 190 valence electrons. The van der Waals surface area contributed by atoms with E-state index < -0.39 is 0 Å². The van der Waals surface area contributed by atoms with E-state index in [9.17, 15) is 14.4 Å². The Morgan fingerprint density at radius 2 is 1.75 bits per heavy atom. The average molecular weight is 489 g/mol. The van der Waals surface area contributed by atoms with E-state index in [1.807, 2.05) is 43.3 Å². The largest absolute Gasteiger partial charge is 0.464 e. The third-order valence-electron chi connectivity index (χ3n) is 6.20. The molecule has 0 bridgehead atoms. The molecule has 6 heteroatoms. The number of aryl methyl sites for hydroxylation is 1. The van der Waals surface area contributed by atoms with Gasteiger partial charge in [-0.15, -0.1) is 6.58 Å². The first kappa shape index (κ1) is 26.9. The van der Waals surface area contributed by atoms with Gasteiger partial charge >= 0.3 is 0 Å². The fourth-order valence-corrected chi connectivity index (χ4v) is 4.17. The lowest BCUT2D eigenvalue weighted by atomic mass is 10.1. The molecule has 1 aromatic heterocycles. The average Bonchev–Trinajstić information content (AvgIpc) is 2.88. The maximum absolute atomic E-state index is 13.5. The molecule has 0 spiro atoms. The second-order valence-corrected chi connectivity index (χ2v) is 9.20. The molecule has 0 saturated heterocycles. The van der Waals surface area contributed by atoms with Gasteiger partial charge in [-0.25, -0.2) is 0 Å². The summed E-state index contributed by atoms with van der Waals surface area (Å²) in [7, 11) is 0. The molecule has 0 saturated carbocycles. The quantitative estimate of drug-likeness (QED) is 0.231. The predicted molar refractivity (Wildman–Crippen MR) is 143 cm³/mol. The van der Waals surface area contributed by atoms with Crippen molar-refractivity contribution in [1.82, 2.24) is 9.80 Å². The smallest absolute Gasteiger partial charge is 0.242 e. The van der Waals surface area contributed by atoms with Crippen LogP contribution < -0.4 is 5.43 Å². The van der Waals surface area contributed by atoms with Gasteiger partial charge in [0.25, 0.3) is 0 Å². The van der Waals surface area contributed by atoms with Crippen LogP contribution in [-0.4, -0.2) is 34.7 Å². The molecule has 2 aromatic carbocycles. The molecule has 0 unspecified atom stereocenters. The summed E-state index contributed by atoms with van der Waals surface area (Å²) in [6, 6.07) is 15.1. The van der Waals surface area contributed by atoms with E-state index in [4.69, 9.17) is 4.42 Å². The summed E-state index contributed by atoms with van der Waals surface area (Å²) in [5.74, 6) is -0.286. The summed E-state index contributed by atoms with van der Waals surface area (Å²) in [4.78, 5) is 42.7. The van der Waals surface area contributed by atoms with Gasteiger partial charge in [0.15, 0.2) is 5.43 Å². The van der Waals surface area contributed by atoms with Crippen molar-refractivity contribution < 1.29 is 14.0 Å². The predicted octanol–water partition coefficient (Wildman–Crippen LogP) is 5.62. The molecule has 3 rings (SSSR count). The molecule has 6 nitrogen and oxygen atoms in total. The summed E-state index contributed by atoms with van der Waals surface area (Å²) >= 11 is 0. The number of carbonyl (C=O) groups is 2. The molecule has 0 aliphatic heterocycles. The van der Waals surface area contributed by atoms with Gasteiger partial charge in [0, 0.05) is 19.5 Å². The molecule has 0 radical (unpaired) electrons. The van der Waals surface area contributed by atoms with Gasteiger partial charge in [0.05, 0.1) is 23.8 Å². The van der Waals surface area contributed by atoms with Crippen LogP contribution in [0.25, 0.3) is 11.0 Å². The number of rotatable bonds is 13. The number of nitrogens with zero attached hydrogens (tertiary/aromatic N) is 2. The second-order valence-electron chi connectivity index (χ2n) is 9.20. The fourth-order valence-electron chi connectivity index (χ4n) is 4.17. The van der Waals surface area contributed by atoms with Crippen molar-refractivity contribution >= 4 is 22.8 Å². The Bertz CT molecular complexity index is 1230. The van der Waals surface area contributed by atoms with Gasteiger partial charge in [-0.05, 0) is 31.0 Å². The highest BCUT2D eigenvalue weighted by molar-refractivity contribution is 5.85. The zero-order valence-electron chi connectivity index (χ0n) is 21.4. The third kappa shape index (κ3) is 7.41. The lowest BCUT2D eigenvalue weighted by Crippen LogP contribution is -2.43. The zero-order valence-corrected chi connectivity index (χ0v) is 21.4. The van der Waals surface area contributed by atoms with Crippen molar-refractivity contribution in [2.75, 3.05) is 13.1 Å². The number of carbonyl (C=O) groups excluding carboxylic acids is 2. The number of fused-ring (bicyclic) bond motifs is 1. The van der Waals surface area contributed by atoms with Crippen LogP contribution >= 0.6 is 0 Å². The van der Waals surface area contributed by atoms with Crippen molar-refractivity contribution in [1.29, 1.82) is 0 Å². The second kappa shape index (κ2) is 13.4. The van der Waals surface area contributed by atoms with E-state index in [1.165, 1.54) is 6.26 Å². The van der Waals surface area contributed by atoms with Gasteiger partial charge < -0.3 is 14.2 Å². The zero-order chi connectivity index (χ0) is 25.9. The molecule has 2 amide bonds. The minimum Gasteiger partial charge on any atom is -0.464 e. The van der Waals surface area contributed by atoms with Crippen LogP contribution in [0.3, 0.4) is 0 Å². The molecule has 3 aromatic rings. The van der Waals surface area contributed by atoms with Crippen LogP contribution in [0.5, 0.6) is 0 Å². The van der Waals surface area contributed by atoms with Gasteiger partial charge in [-0.3, -0.25) is 14.4 Å². The lowest BCUT2D eigenvalue weighted by molar-refractivity contribution is -0.140. The Hall–Kier alpha value is -3.67. The Labute approximate surface area is 213 Å². The molecule has 0 fully saturated rings. The van der Waals surface area contributed by atoms with Crippen LogP contribution in [0.1, 0.15) is 55.7 Å². The Morgan fingerprint density at radius 3 is 2.47 bits per heavy atom. The summed E-state index contributed by atoms with van der Waals surface area (Å²) < 4.78 is 5.72. The first-order valence-electron chi connectivity index (χ1n) is 12.6. The van der Waals surface area contributed by atoms with E-state index in [0.717, 1.165) is 36.8 Å². The highest BCUT2D eigenvalue weighted by Gasteiger charge is 2.22. The van der Waals surface area contributed by atoms with Crippen molar-refractivity contribution in [3.8, 4) is 0 Å². The number of hydrogen-bond donors (Lipinski definition) is 0. The van der Waals surface area contributed by atoms with E-state index in [0.29, 0.717) is 36.0 Å². The fraction of sp³-hybridized carbons (Fsp3) is 0.367. The molecule has 0 atom stereocenters. The molecule has 0 aliphatic carbocycles. The summed E-state index contributed by atoms with van der Waals surface area (Å²) in [6.45, 7) is 8.45. The Kier molecular flexibility index (Phi) is 10.0. The molecular formula is C30H36N2O4. The number of hydrogen-bond acceptors (Lipinski definition) is 4. The van der Waals surface area contributed by atoms with Gasteiger partial charge in [-0.1, -0.05) is 74.2 Å². The van der Waals surface area contributed by atoms with Gasteiger partial charge in [-0.2, -0.15) is 0 Å². The van der Waals surface area contributed by atoms with Crippen LogP contribution in [0, 0.1) is 6.92 Å². The third-order valence-corrected chi connectivity index (χ3v) is 6.20. The molecule has 1 heterocycles. The normalized spacial score (nSPS) is 10.8. The molecule has 0 aliphatic rings. The van der Waals surface area contributed by atoms with E-state index >= 15 is 0 Å². The van der Waals surface area contributed by atoms with Crippen molar-refractivity contribution in [3.05, 3.63) is 94.4 Å². The summed E-state index contributed by atoms with van der Waals surface area (Å²) in [6.07, 6.45) is 7.47. The minimum absolute atomic E-state index is 0.0558. The topological polar surface area (TPSA) is 70.8 Å². The Balaban J connectivity index is 1.83. The van der Waals surface area contributed by atoms with Crippen LogP contribution in [0.4, 0.5) is 0 Å². The first-order valence-corrected chi connectivity index (χ1v) is 12.6. The maximum atomic E-state index is 13.5. The van der Waals surface area contributed by atoms with Crippen LogP contribution in [0.2, 0.25) is 0 Å². The standard InChI is InChI=1S/C30H36N2O4/c1-4-6-7-11-14-28(33)31(17-5-2)21-29(34)32(19-24-12-9-8-10-13-24)20-25-22-36-27-16-15-23(3)18-26(27)30(25)35/h5,8-10,12-13,15-16,18,22H,2,4,6-7,11,14,17,19-21H2,1,3H3. The van der Waals surface area contributed by atoms with Crippen molar-refractivity contribution in [2.45, 2.75) is 59.0 Å². The van der Waals surface area contributed by atoms with E-state index in [2.05, 4.69) is 13.5 Å². The lowest BCUT2D eigenvalue weighted by Gasteiger charge is -2.27. The molecular weight excluding hydrogens is 452 g/mol. The molecule has 0 N–H and O–H groups in total. The van der Waals surface area contributed by atoms with E-state index in [1.54, 1.807) is 28.0 Å². The summed E-state index contributed by atoms with van der Waals surface area (Å²) in [5.41, 5.74) is 2.66. The van der Waals surface area contributed by atoms with Crippen LogP contribution in [0.15, 0.2) is 76.7 Å². The maximum Gasteiger partial charge on any atom is 0.242 e. The number of benzene rings is 2. The highest BCUT2D eigenvalue weighted by Crippen LogP contribution is 2.16. The van der Waals surface area contributed by atoms with Crippen LogP contribution in [-0.2, 0) is 22.7 Å². The first-order chi connectivity index (χ1) is 17.4.